The molecule has 1 atom stereocenters. The summed E-state index contributed by atoms with van der Waals surface area (Å²) in [6.45, 7) is 1.48. The van der Waals surface area contributed by atoms with Crippen molar-refractivity contribution in [2.24, 2.45) is 5.92 Å². The van der Waals surface area contributed by atoms with E-state index in [0.717, 1.165) is 22.9 Å². The topological polar surface area (TPSA) is 40.6 Å². The number of rotatable bonds is 5. The molecule has 1 unspecified atom stereocenters. The number of benzene rings is 1. The molecule has 0 aliphatic carbocycles. The normalized spacial score (nSPS) is 20.9. The molecule has 0 amide bonds. The Labute approximate surface area is 140 Å². The van der Waals surface area contributed by atoms with E-state index in [0.29, 0.717) is 25.5 Å². The Hall–Kier alpha value is -0.140. The summed E-state index contributed by atoms with van der Waals surface area (Å²) in [5.74, 6) is 0.777. The van der Waals surface area contributed by atoms with Crippen molar-refractivity contribution in [2.75, 3.05) is 26.0 Å². The summed E-state index contributed by atoms with van der Waals surface area (Å²) in [4.78, 5) is 0. The van der Waals surface area contributed by atoms with Crippen molar-refractivity contribution in [2.45, 2.75) is 19.4 Å². The van der Waals surface area contributed by atoms with E-state index < -0.39 is 10.2 Å². The summed E-state index contributed by atoms with van der Waals surface area (Å²) in [6, 6.07) is 7.68. The number of alkyl halides is 1. The molecule has 2 rings (SSSR count). The van der Waals surface area contributed by atoms with E-state index in [1.54, 1.807) is 11.4 Å². The van der Waals surface area contributed by atoms with Gasteiger partial charge in [-0.15, -0.1) is 11.6 Å². The lowest BCUT2D eigenvalue weighted by Crippen LogP contribution is -2.46. The molecule has 1 fully saturated rings. The van der Waals surface area contributed by atoms with Gasteiger partial charge in [0.1, 0.15) is 0 Å². The number of halogens is 2. The Morgan fingerprint density at radius 2 is 2.05 bits per heavy atom. The fourth-order valence-corrected chi connectivity index (χ4v) is 4.47. The third kappa shape index (κ3) is 4.42. The van der Waals surface area contributed by atoms with E-state index in [-0.39, 0.29) is 5.92 Å². The van der Waals surface area contributed by atoms with Crippen molar-refractivity contribution in [1.82, 2.24) is 8.61 Å². The Bertz CT molecular complexity index is 565. The molecule has 1 heterocycles. The van der Waals surface area contributed by atoms with Crippen LogP contribution < -0.4 is 0 Å². The minimum Gasteiger partial charge on any atom is -0.195 e. The minimum atomic E-state index is -3.42. The van der Waals surface area contributed by atoms with Crippen molar-refractivity contribution in [3.8, 4) is 0 Å². The number of nitrogens with zero attached hydrogens (tertiary/aromatic N) is 2. The average molecular weight is 396 g/mol. The monoisotopic (exact) mass is 394 g/mol. The van der Waals surface area contributed by atoms with E-state index in [1.807, 2.05) is 24.3 Å². The second-order valence-corrected chi connectivity index (χ2v) is 8.67. The Balaban J connectivity index is 2.05. The first-order valence-electron chi connectivity index (χ1n) is 6.95. The molecule has 0 saturated carbocycles. The highest BCUT2D eigenvalue weighted by Crippen LogP contribution is 2.22. The van der Waals surface area contributed by atoms with Gasteiger partial charge in [-0.2, -0.15) is 17.0 Å². The van der Waals surface area contributed by atoms with Crippen LogP contribution in [0.4, 0.5) is 0 Å². The van der Waals surface area contributed by atoms with Gasteiger partial charge in [0.25, 0.3) is 10.2 Å². The minimum absolute atomic E-state index is 0.260. The van der Waals surface area contributed by atoms with Gasteiger partial charge in [-0.05, 0) is 36.5 Å². The molecule has 1 aliphatic heterocycles. The second-order valence-electron chi connectivity index (χ2n) is 5.41. The first kappa shape index (κ1) is 17.2. The zero-order valence-electron chi connectivity index (χ0n) is 12.0. The van der Waals surface area contributed by atoms with Crippen LogP contribution in [-0.2, 0) is 16.8 Å². The summed E-state index contributed by atoms with van der Waals surface area (Å²) in [7, 11) is -1.79. The molecule has 1 aromatic carbocycles. The van der Waals surface area contributed by atoms with Crippen LogP contribution in [0.15, 0.2) is 28.7 Å². The third-order valence-electron chi connectivity index (χ3n) is 3.74. The maximum Gasteiger partial charge on any atom is 0.282 e. The fourth-order valence-electron chi connectivity index (χ4n) is 2.49. The molecule has 0 bridgehead atoms. The summed E-state index contributed by atoms with van der Waals surface area (Å²) >= 11 is 9.26. The molecule has 7 heteroatoms. The van der Waals surface area contributed by atoms with Crippen LogP contribution in [0, 0.1) is 5.92 Å². The standard InChI is InChI=1S/C14H20BrClN2O2S/c1-17(10-12-4-6-14(15)7-5-12)21(19,20)18-8-2-3-13(9-16)11-18/h4-7,13H,2-3,8-11H2,1H3. The first-order chi connectivity index (χ1) is 9.93. The fraction of sp³-hybridized carbons (Fsp3) is 0.571. The van der Waals surface area contributed by atoms with Gasteiger partial charge in [0.2, 0.25) is 0 Å². The molecule has 21 heavy (non-hydrogen) atoms. The van der Waals surface area contributed by atoms with Crippen molar-refractivity contribution in [1.29, 1.82) is 0 Å². The zero-order valence-corrected chi connectivity index (χ0v) is 15.2. The van der Waals surface area contributed by atoms with Crippen molar-refractivity contribution < 1.29 is 8.42 Å². The van der Waals surface area contributed by atoms with Crippen molar-refractivity contribution >= 4 is 37.7 Å². The second kappa shape index (κ2) is 7.42. The maximum atomic E-state index is 12.6. The van der Waals surface area contributed by atoms with Crippen LogP contribution in [0.25, 0.3) is 0 Å². The summed E-state index contributed by atoms with van der Waals surface area (Å²) < 4.78 is 29.2. The molecular formula is C14H20BrClN2O2S. The summed E-state index contributed by atoms with van der Waals surface area (Å²) in [5.41, 5.74) is 0.968. The predicted octanol–water partition coefficient (Wildman–Crippen LogP) is 3.08. The molecule has 1 saturated heterocycles. The number of piperidine rings is 1. The van der Waals surface area contributed by atoms with Crippen LogP contribution >= 0.6 is 27.5 Å². The lowest BCUT2D eigenvalue weighted by Gasteiger charge is -2.33. The van der Waals surface area contributed by atoms with Gasteiger partial charge in [0, 0.05) is 37.0 Å². The van der Waals surface area contributed by atoms with Gasteiger partial charge in [-0.3, -0.25) is 0 Å². The number of hydrogen-bond donors (Lipinski definition) is 0. The molecule has 0 aromatic heterocycles. The lowest BCUT2D eigenvalue weighted by atomic mass is 10.0. The Kier molecular flexibility index (Phi) is 6.08. The van der Waals surface area contributed by atoms with Gasteiger partial charge in [0.15, 0.2) is 0 Å². The van der Waals surface area contributed by atoms with E-state index in [1.165, 1.54) is 4.31 Å². The highest BCUT2D eigenvalue weighted by Gasteiger charge is 2.31. The smallest absolute Gasteiger partial charge is 0.195 e. The predicted molar refractivity (Wildman–Crippen MR) is 89.5 cm³/mol. The third-order valence-corrected chi connectivity index (χ3v) is 6.60. The van der Waals surface area contributed by atoms with Crippen LogP contribution in [0.5, 0.6) is 0 Å². The molecule has 0 spiro atoms. The molecule has 1 aromatic rings. The zero-order chi connectivity index (χ0) is 15.5. The molecule has 0 radical (unpaired) electrons. The molecule has 4 nitrogen and oxygen atoms in total. The number of hydrogen-bond acceptors (Lipinski definition) is 2. The molecule has 1 aliphatic rings. The largest absolute Gasteiger partial charge is 0.282 e. The summed E-state index contributed by atoms with van der Waals surface area (Å²) in [6.07, 6.45) is 1.88. The lowest BCUT2D eigenvalue weighted by molar-refractivity contribution is 0.265. The van der Waals surface area contributed by atoms with Gasteiger partial charge in [-0.25, -0.2) is 0 Å². The van der Waals surface area contributed by atoms with E-state index in [2.05, 4.69) is 15.9 Å². The quantitative estimate of drug-likeness (QED) is 0.719. The van der Waals surface area contributed by atoms with Gasteiger partial charge in [0.05, 0.1) is 0 Å². The molecule has 0 N–H and O–H groups in total. The highest BCUT2D eigenvalue weighted by atomic mass is 79.9. The maximum absolute atomic E-state index is 12.6. The van der Waals surface area contributed by atoms with Crippen molar-refractivity contribution in [3.05, 3.63) is 34.3 Å². The van der Waals surface area contributed by atoms with Gasteiger partial charge >= 0.3 is 0 Å². The Morgan fingerprint density at radius 1 is 1.38 bits per heavy atom. The molecule has 118 valence electrons. The average Bonchev–Trinajstić information content (AvgIpc) is 2.49. The van der Waals surface area contributed by atoms with E-state index >= 15 is 0 Å². The van der Waals surface area contributed by atoms with Crippen LogP contribution in [0.2, 0.25) is 0 Å². The first-order valence-corrected chi connectivity index (χ1v) is 9.67. The van der Waals surface area contributed by atoms with E-state index in [4.69, 9.17) is 11.6 Å². The van der Waals surface area contributed by atoms with E-state index in [9.17, 15) is 8.42 Å². The van der Waals surface area contributed by atoms with Crippen molar-refractivity contribution in [3.63, 3.8) is 0 Å². The summed E-state index contributed by atoms with van der Waals surface area (Å²) in [5, 5.41) is 0. The van der Waals surface area contributed by atoms with Crippen LogP contribution in [-0.4, -0.2) is 43.0 Å². The van der Waals surface area contributed by atoms with Crippen LogP contribution in [0.1, 0.15) is 18.4 Å². The molecular weight excluding hydrogens is 376 g/mol. The highest BCUT2D eigenvalue weighted by molar-refractivity contribution is 9.10. The van der Waals surface area contributed by atoms with Crippen LogP contribution in [0.3, 0.4) is 0 Å². The SMILES string of the molecule is CN(Cc1ccc(Br)cc1)S(=O)(=O)N1CCCC(CCl)C1. The van der Waals surface area contributed by atoms with Gasteiger partial charge < -0.3 is 0 Å². The Morgan fingerprint density at radius 3 is 2.67 bits per heavy atom. The van der Waals surface area contributed by atoms with Gasteiger partial charge in [-0.1, -0.05) is 28.1 Å².